The van der Waals surface area contributed by atoms with Gasteiger partial charge in [-0.15, -0.1) is 0 Å². The molecule has 0 atom stereocenters. The second kappa shape index (κ2) is 5.59. The molecule has 0 unspecified atom stereocenters. The number of Topliss-reactive ketones (excluding diaryl/α,β-unsaturated/α-hetero) is 1. The molecule has 1 aromatic rings. The minimum absolute atomic E-state index is 0.148. The van der Waals surface area contributed by atoms with E-state index in [1.54, 1.807) is 38.1 Å². The number of hydrogen-bond acceptors (Lipinski definition) is 4. The standard InChI is InChI=1S/C13H16O4/c1-10(14)16-9-17-13(2,3)12(15)11-7-5-4-6-8-11/h4-8H,9H2,1-3H3. The van der Waals surface area contributed by atoms with Gasteiger partial charge in [-0.25, -0.2) is 0 Å². The van der Waals surface area contributed by atoms with Crippen molar-refractivity contribution in [2.24, 2.45) is 0 Å². The number of rotatable bonds is 5. The molecule has 0 aliphatic carbocycles. The van der Waals surface area contributed by atoms with Gasteiger partial charge in [0.1, 0.15) is 5.60 Å². The third-order valence-corrected chi connectivity index (χ3v) is 2.26. The van der Waals surface area contributed by atoms with Crippen LogP contribution in [0.1, 0.15) is 31.1 Å². The van der Waals surface area contributed by atoms with Crippen LogP contribution in [0.25, 0.3) is 0 Å². The summed E-state index contributed by atoms with van der Waals surface area (Å²) in [5.74, 6) is -0.585. The molecule has 0 aliphatic heterocycles. The topological polar surface area (TPSA) is 52.6 Å². The van der Waals surface area contributed by atoms with Gasteiger partial charge in [-0.05, 0) is 13.8 Å². The Morgan fingerprint density at radius 2 is 1.76 bits per heavy atom. The fourth-order valence-electron chi connectivity index (χ4n) is 1.26. The average Bonchev–Trinajstić information content (AvgIpc) is 2.28. The van der Waals surface area contributed by atoms with Gasteiger partial charge < -0.3 is 9.47 Å². The van der Waals surface area contributed by atoms with Crippen LogP contribution in [0.4, 0.5) is 0 Å². The maximum Gasteiger partial charge on any atom is 0.304 e. The maximum absolute atomic E-state index is 12.1. The summed E-state index contributed by atoms with van der Waals surface area (Å²) >= 11 is 0. The van der Waals surface area contributed by atoms with Crippen LogP contribution in [0.2, 0.25) is 0 Å². The highest BCUT2D eigenvalue weighted by atomic mass is 16.7. The van der Waals surface area contributed by atoms with Crippen LogP contribution in [0.15, 0.2) is 30.3 Å². The maximum atomic E-state index is 12.1. The number of hydrogen-bond donors (Lipinski definition) is 0. The summed E-state index contributed by atoms with van der Waals surface area (Å²) in [6.45, 7) is 4.36. The van der Waals surface area contributed by atoms with Crippen molar-refractivity contribution in [2.75, 3.05) is 6.79 Å². The Balaban J connectivity index is 2.64. The quantitative estimate of drug-likeness (QED) is 0.446. The highest BCUT2D eigenvalue weighted by Gasteiger charge is 2.29. The number of benzene rings is 1. The van der Waals surface area contributed by atoms with E-state index in [9.17, 15) is 9.59 Å². The lowest BCUT2D eigenvalue weighted by Gasteiger charge is -2.23. The molecular weight excluding hydrogens is 220 g/mol. The molecule has 92 valence electrons. The minimum atomic E-state index is -1.02. The summed E-state index contributed by atoms with van der Waals surface area (Å²) in [6.07, 6.45) is 0. The summed E-state index contributed by atoms with van der Waals surface area (Å²) in [6, 6.07) is 8.85. The molecule has 4 heteroatoms. The van der Waals surface area contributed by atoms with Gasteiger partial charge in [0.2, 0.25) is 0 Å². The van der Waals surface area contributed by atoms with Crippen molar-refractivity contribution in [2.45, 2.75) is 26.4 Å². The second-order valence-electron chi connectivity index (χ2n) is 4.10. The predicted molar refractivity (Wildman–Crippen MR) is 62.6 cm³/mol. The molecule has 0 N–H and O–H groups in total. The number of esters is 1. The lowest BCUT2D eigenvalue weighted by Crippen LogP contribution is -2.36. The molecule has 1 aromatic carbocycles. The van der Waals surface area contributed by atoms with Crippen LogP contribution >= 0.6 is 0 Å². The first-order valence-electron chi connectivity index (χ1n) is 5.30. The molecule has 0 heterocycles. The Labute approximate surface area is 101 Å². The van der Waals surface area contributed by atoms with E-state index in [1.807, 2.05) is 6.07 Å². The van der Waals surface area contributed by atoms with Crippen molar-refractivity contribution < 1.29 is 19.1 Å². The molecule has 17 heavy (non-hydrogen) atoms. The highest BCUT2D eigenvalue weighted by molar-refractivity contribution is 6.01. The average molecular weight is 236 g/mol. The van der Waals surface area contributed by atoms with Crippen molar-refractivity contribution >= 4 is 11.8 Å². The van der Waals surface area contributed by atoms with Gasteiger partial charge in [0.25, 0.3) is 0 Å². The predicted octanol–water partition coefficient (Wildman–Crippen LogP) is 2.19. The van der Waals surface area contributed by atoms with Gasteiger partial charge in [-0.2, -0.15) is 0 Å². The molecule has 0 fully saturated rings. The molecule has 1 rings (SSSR count). The third-order valence-electron chi connectivity index (χ3n) is 2.26. The molecule has 0 spiro atoms. The Hall–Kier alpha value is -1.68. The Bertz CT molecular complexity index is 395. The summed E-state index contributed by atoms with van der Waals surface area (Å²) in [4.78, 5) is 22.7. The van der Waals surface area contributed by atoms with E-state index in [0.717, 1.165) is 0 Å². The van der Waals surface area contributed by atoms with Crippen LogP contribution in [0, 0.1) is 0 Å². The van der Waals surface area contributed by atoms with Crippen molar-refractivity contribution in [3.63, 3.8) is 0 Å². The Kier molecular flexibility index (Phi) is 4.40. The highest BCUT2D eigenvalue weighted by Crippen LogP contribution is 2.17. The van der Waals surface area contributed by atoms with Gasteiger partial charge in [0, 0.05) is 12.5 Å². The zero-order valence-electron chi connectivity index (χ0n) is 10.2. The number of ether oxygens (including phenoxy) is 2. The van der Waals surface area contributed by atoms with E-state index in [0.29, 0.717) is 5.56 Å². The molecule has 0 saturated heterocycles. The molecule has 0 amide bonds. The first-order chi connectivity index (χ1) is 7.93. The first-order valence-corrected chi connectivity index (χ1v) is 5.30. The fraction of sp³-hybridized carbons (Fsp3) is 0.385. The van der Waals surface area contributed by atoms with Gasteiger partial charge in [-0.3, -0.25) is 9.59 Å². The summed E-state index contributed by atoms with van der Waals surface area (Å²) in [5, 5.41) is 0. The molecule has 0 radical (unpaired) electrons. The third kappa shape index (κ3) is 4.00. The molecule has 0 saturated carbocycles. The van der Waals surface area contributed by atoms with E-state index in [4.69, 9.17) is 4.74 Å². The monoisotopic (exact) mass is 236 g/mol. The summed E-state index contributed by atoms with van der Waals surface area (Å²) in [7, 11) is 0. The zero-order valence-corrected chi connectivity index (χ0v) is 10.2. The van der Waals surface area contributed by atoms with Crippen LogP contribution in [0.3, 0.4) is 0 Å². The smallest absolute Gasteiger partial charge is 0.304 e. The zero-order chi connectivity index (χ0) is 12.9. The minimum Gasteiger partial charge on any atom is -0.439 e. The van der Waals surface area contributed by atoms with Gasteiger partial charge >= 0.3 is 5.97 Å². The Morgan fingerprint density at radius 3 is 2.29 bits per heavy atom. The Morgan fingerprint density at radius 1 is 1.18 bits per heavy atom. The molecule has 4 nitrogen and oxygen atoms in total. The van der Waals surface area contributed by atoms with E-state index in [-0.39, 0.29) is 12.6 Å². The van der Waals surface area contributed by atoms with Gasteiger partial charge in [0.05, 0.1) is 0 Å². The van der Waals surface area contributed by atoms with Crippen molar-refractivity contribution in [3.05, 3.63) is 35.9 Å². The number of carbonyl (C=O) groups excluding carboxylic acids is 2. The van der Waals surface area contributed by atoms with E-state index in [2.05, 4.69) is 4.74 Å². The summed E-state index contributed by atoms with van der Waals surface area (Å²) < 4.78 is 9.91. The lowest BCUT2D eigenvalue weighted by atomic mass is 9.97. The van der Waals surface area contributed by atoms with Crippen molar-refractivity contribution in [1.82, 2.24) is 0 Å². The fourth-order valence-corrected chi connectivity index (χ4v) is 1.26. The van der Waals surface area contributed by atoms with E-state index < -0.39 is 11.6 Å². The van der Waals surface area contributed by atoms with Crippen LogP contribution in [-0.2, 0) is 14.3 Å². The van der Waals surface area contributed by atoms with Crippen LogP contribution in [-0.4, -0.2) is 24.1 Å². The van der Waals surface area contributed by atoms with E-state index >= 15 is 0 Å². The van der Waals surface area contributed by atoms with Crippen molar-refractivity contribution in [3.8, 4) is 0 Å². The first kappa shape index (κ1) is 13.4. The normalized spacial score (nSPS) is 11.0. The number of ketones is 1. The van der Waals surface area contributed by atoms with Crippen LogP contribution < -0.4 is 0 Å². The molecule has 0 aliphatic rings. The lowest BCUT2D eigenvalue weighted by molar-refractivity contribution is -0.161. The largest absolute Gasteiger partial charge is 0.439 e. The second-order valence-corrected chi connectivity index (χ2v) is 4.10. The summed E-state index contributed by atoms with van der Waals surface area (Å²) in [5.41, 5.74) is -0.447. The van der Waals surface area contributed by atoms with Crippen molar-refractivity contribution in [1.29, 1.82) is 0 Å². The molecular formula is C13H16O4. The van der Waals surface area contributed by atoms with Crippen LogP contribution in [0.5, 0.6) is 0 Å². The number of carbonyl (C=O) groups is 2. The SMILES string of the molecule is CC(=O)OCOC(C)(C)C(=O)c1ccccc1. The molecule has 0 aromatic heterocycles. The molecule has 0 bridgehead atoms. The van der Waals surface area contributed by atoms with E-state index in [1.165, 1.54) is 6.92 Å². The van der Waals surface area contributed by atoms with Gasteiger partial charge in [0.15, 0.2) is 12.6 Å². The van der Waals surface area contributed by atoms with Gasteiger partial charge in [-0.1, -0.05) is 30.3 Å².